The Balaban J connectivity index is 1.47. The van der Waals surface area contributed by atoms with Crippen LogP contribution in [0.1, 0.15) is 16.2 Å². The molecule has 0 saturated heterocycles. The summed E-state index contributed by atoms with van der Waals surface area (Å²) in [5, 5.41) is 6.04. The summed E-state index contributed by atoms with van der Waals surface area (Å²) in [7, 11) is 3.21. The Bertz CT molecular complexity index is 1240. The van der Waals surface area contributed by atoms with E-state index in [4.69, 9.17) is 19.6 Å². The topological polar surface area (TPSA) is 112 Å². The second kappa shape index (κ2) is 8.66. The molecule has 0 spiro atoms. The smallest absolute Gasteiger partial charge is 0.311 e. The number of ether oxygens (including phenoxy) is 2. The molecule has 1 aromatic heterocycles. The molecular weight excluding hydrogens is 396 g/mol. The molecule has 4 aromatic rings. The average molecular weight is 418 g/mol. The molecule has 1 amide bonds. The van der Waals surface area contributed by atoms with Crippen molar-refractivity contribution in [2.45, 2.75) is 6.54 Å². The van der Waals surface area contributed by atoms with Gasteiger partial charge in [0.05, 0.1) is 25.6 Å². The molecule has 0 aliphatic rings. The number of nitrogens with one attached hydrogen (secondary N) is 2. The highest BCUT2D eigenvalue weighted by molar-refractivity contribution is 6.03. The number of carbonyl (C=O) groups is 1. The fourth-order valence-corrected chi connectivity index (χ4v) is 3.11. The Morgan fingerprint density at radius 3 is 2.61 bits per heavy atom. The molecular formula is C23H22N4O4. The molecule has 8 heteroatoms. The van der Waals surface area contributed by atoms with Gasteiger partial charge >= 0.3 is 5.91 Å². The third-order valence-electron chi connectivity index (χ3n) is 4.74. The van der Waals surface area contributed by atoms with Crippen LogP contribution in [0.15, 0.2) is 65.1 Å². The number of para-hydroxylation sites is 2. The van der Waals surface area contributed by atoms with Crippen molar-refractivity contribution in [2.75, 3.05) is 30.6 Å². The van der Waals surface area contributed by atoms with E-state index in [1.807, 2.05) is 24.3 Å². The molecule has 1 heterocycles. The Morgan fingerprint density at radius 1 is 1.03 bits per heavy atom. The van der Waals surface area contributed by atoms with Crippen molar-refractivity contribution in [3.8, 4) is 11.5 Å². The zero-order valence-corrected chi connectivity index (χ0v) is 17.1. The van der Waals surface area contributed by atoms with Crippen LogP contribution in [0.5, 0.6) is 11.5 Å². The SMILES string of the molecule is COc1ccc(CNc2ccc3nc(C(=O)Nc4ccccc4N)oc3c2)cc1OC. The highest BCUT2D eigenvalue weighted by Crippen LogP contribution is 2.28. The van der Waals surface area contributed by atoms with Gasteiger partial charge in [0, 0.05) is 18.3 Å². The lowest BCUT2D eigenvalue weighted by Gasteiger charge is -2.11. The number of methoxy groups -OCH3 is 2. The summed E-state index contributed by atoms with van der Waals surface area (Å²) in [5.74, 6) is 0.851. The van der Waals surface area contributed by atoms with Crippen LogP contribution >= 0.6 is 0 Å². The number of carbonyl (C=O) groups excluding carboxylic acids is 1. The van der Waals surface area contributed by atoms with E-state index in [2.05, 4.69) is 15.6 Å². The Hall–Kier alpha value is -4.20. The summed E-state index contributed by atoms with van der Waals surface area (Å²) >= 11 is 0. The van der Waals surface area contributed by atoms with E-state index < -0.39 is 5.91 Å². The van der Waals surface area contributed by atoms with Crippen molar-refractivity contribution in [1.82, 2.24) is 4.98 Å². The first-order valence-electron chi connectivity index (χ1n) is 9.58. The van der Waals surface area contributed by atoms with Gasteiger partial charge in [-0.15, -0.1) is 0 Å². The first-order valence-corrected chi connectivity index (χ1v) is 9.58. The molecule has 158 valence electrons. The number of hydrogen-bond donors (Lipinski definition) is 3. The van der Waals surface area contributed by atoms with E-state index in [0.717, 1.165) is 11.3 Å². The largest absolute Gasteiger partial charge is 0.493 e. The second-order valence-corrected chi connectivity index (χ2v) is 6.79. The van der Waals surface area contributed by atoms with Crippen LogP contribution in [-0.4, -0.2) is 25.1 Å². The Kier molecular flexibility index (Phi) is 5.61. The van der Waals surface area contributed by atoms with E-state index in [1.165, 1.54) is 0 Å². The second-order valence-electron chi connectivity index (χ2n) is 6.79. The van der Waals surface area contributed by atoms with Crippen LogP contribution in [0, 0.1) is 0 Å². The lowest BCUT2D eigenvalue weighted by molar-refractivity contribution is 0.0992. The molecule has 8 nitrogen and oxygen atoms in total. The zero-order valence-electron chi connectivity index (χ0n) is 17.1. The zero-order chi connectivity index (χ0) is 21.8. The Morgan fingerprint density at radius 2 is 1.84 bits per heavy atom. The van der Waals surface area contributed by atoms with Crippen LogP contribution in [0.2, 0.25) is 0 Å². The van der Waals surface area contributed by atoms with Crippen molar-refractivity contribution < 1.29 is 18.7 Å². The number of nitrogen functional groups attached to an aromatic ring is 1. The van der Waals surface area contributed by atoms with E-state index in [0.29, 0.717) is 40.5 Å². The van der Waals surface area contributed by atoms with Crippen LogP contribution in [0.25, 0.3) is 11.1 Å². The number of fused-ring (bicyclic) bond motifs is 1. The monoisotopic (exact) mass is 418 g/mol. The molecule has 0 bridgehead atoms. The number of nitrogens with zero attached hydrogens (tertiary/aromatic N) is 1. The first kappa shape index (κ1) is 20.1. The van der Waals surface area contributed by atoms with Crippen LogP contribution in [0.3, 0.4) is 0 Å². The summed E-state index contributed by atoms with van der Waals surface area (Å²) < 4.78 is 16.3. The predicted molar refractivity (Wildman–Crippen MR) is 120 cm³/mol. The molecule has 0 radical (unpaired) electrons. The molecule has 31 heavy (non-hydrogen) atoms. The van der Waals surface area contributed by atoms with Crippen molar-refractivity contribution in [3.05, 3.63) is 72.1 Å². The van der Waals surface area contributed by atoms with Crippen LogP contribution in [-0.2, 0) is 6.54 Å². The quantitative estimate of drug-likeness (QED) is 0.384. The van der Waals surface area contributed by atoms with Gasteiger partial charge in [-0.25, -0.2) is 4.98 Å². The predicted octanol–water partition coefficient (Wildman–Crippen LogP) is 4.29. The van der Waals surface area contributed by atoms with Gasteiger partial charge in [-0.3, -0.25) is 4.79 Å². The minimum atomic E-state index is -0.464. The number of benzene rings is 3. The minimum Gasteiger partial charge on any atom is -0.493 e. The maximum absolute atomic E-state index is 12.5. The van der Waals surface area contributed by atoms with E-state index >= 15 is 0 Å². The minimum absolute atomic E-state index is 0.0321. The maximum Gasteiger partial charge on any atom is 0.311 e. The van der Waals surface area contributed by atoms with E-state index in [-0.39, 0.29) is 5.89 Å². The third kappa shape index (κ3) is 4.37. The maximum atomic E-state index is 12.5. The highest BCUT2D eigenvalue weighted by Gasteiger charge is 2.16. The van der Waals surface area contributed by atoms with Crippen molar-refractivity contribution >= 4 is 34.1 Å². The lowest BCUT2D eigenvalue weighted by Crippen LogP contribution is -2.13. The third-order valence-corrected chi connectivity index (χ3v) is 4.74. The number of amides is 1. The van der Waals surface area contributed by atoms with Gasteiger partial charge in [0.1, 0.15) is 5.52 Å². The fourth-order valence-electron chi connectivity index (χ4n) is 3.11. The van der Waals surface area contributed by atoms with Crippen molar-refractivity contribution in [2.24, 2.45) is 0 Å². The number of oxazole rings is 1. The summed E-state index contributed by atoms with van der Waals surface area (Å²) in [6.07, 6.45) is 0. The van der Waals surface area contributed by atoms with Gasteiger partial charge in [0.15, 0.2) is 17.1 Å². The van der Waals surface area contributed by atoms with Gasteiger partial charge in [-0.05, 0) is 42.0 Å². The molecule has 0 fully saturated rings. The first-order chi connectivity index (χ1) is 15.1. The number of aromatic nitrogens is 1. The highest BCUT2D eigenvalue weighted by atomic mass is 16.5. The number of rotatable bonds is 7. The van der Waals surface area contributed by atoms with E-state index in [1.54, 1.807) is 50.6 Å². The van der Waals surface area contributed by atoms with Gasteiger partial charge < -0.3 is 30.3 Å². The summed E-state index contributed by atoms with van der Waals surface area (Å²) in [6.45, 7) is 0.570. The normalized spacial score (nSPS) is 10.6. The number of anilines is 3. The van der Waals surface area contributed by atoms with E-state index in [9.17, 15) is 4.79 Å². The van der Waals surface area contributed by atoms with Crippen LogP contribution < -0.4 is 25.8 Å². The van der Waals surface area contributed by atoms with Gasteiger partial charge in [-0.2, -0.15) is 0 Å². The molecule has 0 saturated carbocycles. The summed E-state index contributed by atoms with van der Waals surface area (Å²) in [5.41, 5.74) is 9.79. The van der Waals surface area contributed by atoms with Gasteiger partial charge in [0.2, 0.25) is 0 Å². The number of hydrogen-bond acceptors (Lipinski definition) is 7. The van der Waals surface area contributed by atoms with Gasteiger partial charge in [-0.1, -0.05) is 18.2 Å². The lowest BCUT2D eigenvalue weighted by atomic mass is 10.2. The Labute approximate surface area is 179 Å². The molecule has 0 unspecified atom stereocenters. The molecule has 0 aliphatic carbocycles. The molecule has 4 N–H and O–H groups in total. The van der Waals surface area contributed by atoms with Crippen molar-refractivity contribution in [3.63, 3.8) is 0 Å². The molecule has 3 aromatic carbocycles. The van der Waals surface area contributed by atoms with Crippen molar-refractivity contribution in [1.29, 1.82) is 0 Å². The summed E-state index contributed by atoms with van der Waals surface area (Å²) in [6, 6.07) is 18.2. The van der Waals surface area contributed by atoms with Gasteiger partial charge in [0.25, 0.3) is 5.89 Å². The molecule has 0 aliphatic heterocycles. The molecule has 4 rings (SSSR count). The molecule has 0 atom stereocenters. The number of nitrogens with two attached hydrogens (primary N) is 1. The fraction of sp³-hybridized carbons (Fsp3) is 0.130. The summed E-state index contributed by atoms with van der Waals surface area (Å²) in [4.78, 5) is 16.7. The average Bonchev–Trinajstić information content (AvgIpc) is 3.22. The van der Waals surface area contributed by atoms with Crippen LogP contribution in [0.4, 0.5) is 17.1 Å². The standard InChI is InChI=1S/C23H22N4O4/c1-29-19-10-7-14(11-21(19)30-2)13-25-15-8-9-18-20(12-15)31-23(27-18)22(28)26-17-6-4-3-5-16(17)24/h3-12,25H,13,24H2,1-2H3,(H,26,28).